The van der Waals surface area contributed by atoms with Gasteiger partial charge in [-0.2, -0.15) is 0 Å². The predicted octanol–water partition coefficient (Wildman–Crippen LogP) is 4.31. The van der Waals surface area contributed by atoms with E-state index in [1.807, 2.05) is 12.1 Å². The van der Waals surface area contributed by atoms with Gasteiger partial charge in [-0.3, -0.25) is 0 Å². The van der Waals surface area contributed by atoms with Crippen molar-refractivity contribution in [2.75, 3.05) is 47.5 Å². The van der Waals surface area contributed by atoms with Crippen LogP contribution >= 0.6 is 23.2 Å². The van der Waals surface area contributed by atoms with Gasteiger partial charge in [-0.15, -0.1) is 0 Å². The van der Waals surface area contributed by atoms with Gasteiger partial charge in [0.1, 0.15) is 10.3 Å². The van der Waals surface area contributed by atoms with Crippen molar-refractivity contribution in [2.45, 2.75) is 32.7 Å². The third-order valence-electron chi connectivity index (χ3n) is 4.27. The summed E-state index contributed by atoms with van der Waals surface area (Å²) in [5.41, 5.74) is 2.02. The van der Waals surface area contributed by atoms with E-state index in [4.69, 9.17) is 28.3 Å². The Labute approximate surface area is 176 Å². The fourth-order valence-electron chi connectivity index (χ4n) is 2.91. The molecule has 154 valence electrons. The van der Waals surface area contributed by atoms with E-state index in [-0.39, 0.29) is 14.0 Å². The minimum absolute atomic E-state index is 0. The van der Waals surface area contributed by atoms with Gasteiger partial charge in [0, 0.05) is 32.3 Å². The Morgan fingerprint density at radius 1 is 0.929 bits per heavy atom. The van der Waals surface area contributed by atoms with Gasteiger partial charge in [-0.1, -0.05) is 30.6 Å². The second-order valence-electron chi connectivity index (χ2n) is 6.36. The molecule has 0 fully saturated rings. The molecule has 0 saturated carbocycles. The molecular weight excluding hydrogens is 399 g/mol. The summed E-state index contributed by atoms with van der Waals surface area (Å²) in [5, 5.41) is 22.8. The zero-order valence-electron chi connectivity index (χ0n) is 14.9. The van der Waals surface area contributed by atoms with Crippen LogP contribution in [0.3, 0.4) is 0 Å². The van der Waals surface area contributed by atoms with Crippen LogP contribution in [0.2, 0.25) is 10.3 Å². The quantitative estimate of drug-likeness (QED) is 0.466. The van der Waals surface area contributed by atoms with Crippen molar-refractivity contribution in [3.05, 3.63) is 34.6 Å². The number of hydrogen-bond donors (Lipinski definition) is 5. The Morgan fingerprint density at radius 3 is 2.29 bits per heavy atom. The number of aliphatic hydroxyl groups excluding tert-OH is 1. The first-order valence-corrected chi connectivity index (χ1v) is 9.83. The highest BCUT2D eigenvalue weighted by atomic mass is 35.5. The third kappa shape index (κ3) is 6.29. The van der Waals surface area contributed by atoms with Gasteiger partial charge in [0.25, 0.3) is 0 Å². The Morgan fingerprint density at radius 2 is 1.57 bits per heavy atom. The topological polar surface area (TPSA) is 94.1 Å². The van der Waals surface area contributed by atoms with Crippen LogP contribution in [-0.2, 0) is 0 Å². The molecule has 1 atom stereocenters. The average Bonchev–Trinajstić information content (AvgIpc) is 2.91. The van der Waals surface area contributed by atoms with Gasteiger partial charge in [-0.25, -0.2) is 9.97 Å². The van der Waals surface area contributed by atoms with E-state index in [1.54, 1.807) is 12.1 Å². The zero-order valence-corrected chi connectivity index (χ0v) is 16.4. The van der Waals surface area contributed by atoms with E-state index in [1.165, 1.54) is 0 Å². The van der Waals surface area contributed by atoms with E-state index >= 15 is 0 Å². The van der Waals surface area contributed by atoms with Crippen molar-refractivity contribution in [2.24, 2.45) is 0 Å². The summed E-state index contributed by atoms with van der Waals surface area (Å²) >= 11 is 11.6. The minimum atomic E-state index is 0. The van der Waals surface area contributed by atoms with Crippen LogP contribution in [-0.4, -0.2) is 47.4 Å². The van der Waals surface area contributed by atoms with E-state index in [0.29, 0.717) is 16.3 Å². The summed E-state index contributed by atoms with van der Waals surface area (Å²) < 4.78 is 0. The van der Waals surface area contributed by atoms with Crippen molar-refractivity contribution in [3.8, 4) is 0 Å². The van der Waals surface area contributed by atoms with Gasteiger partial charge in [0.15, 0.2) is 11.6 Å². The molecule has 0 unspecified atom stereocenters. The maximum absolute atomic E-state index is 8.75. The highest BCUT2D eigenvalue weighted by Crippen LogP contribution is 2.26. The highest BCUT2D eigenvalue weighted by molar-refractivity contribution is 6.29. The smallest absolute Gasteiger partial charge is 0.151 e. The number of nitrogens with one attached hydrogen (secondary N) is 4. The number of nitrogens with zero attached hydrogens (tertiary/aromatic N) is 2. The van der Waals surface area contributed by atoms with Gasteiger partial charge in [-0.05, 0) is 43.5 Å². The number of rotatable bonds is 3. The number of fused-ring (bicyclic) bond motifs is 2. The number of aliphatic hydroxyl groups is 1. The van der Waals surface area contributed by atoms with E-state index in [0.717, 1.165) is 61.9 Å². The summed E-state index contributed by atoms with van der Waals surface area (Å²) in [7, 11) is 0. The average molecular weight is 427 g/mol. The van der Waals surface area contributed by atoms with Crippen molar-refractivity contribution < 1.29 is 5.11 Å². The second-order valence-corrected chi connectivity index (χ2v) is 7.13. The maximum Gasteiger partial charge on any atom is 0.151 e. The molecule has 9 heteroatoms. The molecule has 5 N–H and O–H groups in total. The van der Waals surface area contributed by atoms with Crippen molar-refractivity contribution in [3.63, 3.8) is 0 Å². The molecule has 2 aliphatic heterocycles. The van der Waals surface area contributed by atoms with Gasteiger partial charge in [0.2, 0.25) is 0 Å². The Kier molecular flexibility index (Phi) is 8.89. The van der Waals surface area contributed by atoms with Gasteiger partial charge < -0.3 is 26.4 Å². The van der Waals surface area contributed by atoms with E-state index in [9.17, 15) is 0 Å². The summed E-state index contributed by atoms with van der Waals surface area (Å²) in [6.07, 6.45) is 2.83. The summed E-state index contributed by atoms with van der Waals surface area (Å²) in [4.78, 5) is 8.37. The minimum Gasteiger partial charge on any atom is -0.396 e. The Bertz CT molecular complexity index is 761. The first-order chi connectivity index (χ1) is 13.2. The normalized spacial score (nSPS) is 16.8. The standard InChI is InChI=1S/C10H14ClN3O.C8H10ClN3.CH4/c11-9-4-3-8-10(14-9)13-7(6-12-8)2-1-5-15;9-7-3-2-6-8(12-7)11-5-1-4-10-6;/h3-4,7,12,15H,1-2,5-6H2,(H,13,14);2-3,10H,1,4-5H2,(H,11,12);1H4/t7-;;/m0../s1. The molecule has 0 saturated heterocycles. The molecule has 4 rings (SSSR count). The van der Waals surface area contributed by atoms with Gasteiger partial charge in [0.05, 0.1) is 11.4 Å². The Balaban J connectivity index is 0.000000198. The Hall–Kier alpha value is -1.96. The maximum atomic E-state index is 8.75. The molecule has 7 nitrogen and oxygen atoms in total. The largest absolute Gasteiger partial charge is 0.396 e. The lowest BCUT2D eigenvalue weighted by molar-refractivity contribution is 0.281. The van der Waals surface area contributed by atoms with Crippen LogP contribution in [0.25, 0.3) is 0 Å². The number of hydrogen-bond acceptors (Lipinski definition) is 7. The summed E-state index contributed by atoms with van der Waals surface area (Å²) in [6.45, 7) is 3.03. The van der Waals surface area contributed by atoms with Crippen molar-refractivity contribution >= 4 is 46.2 Å². The lowest BCUT2D eigenvalue weighted by atomic mass is 10.1. The van der Waals surface area contributed by atoms with E-state index in [2.05, 4.69) is 31.2 Å². The number of halogens is 2. The van der Waals surface area contributed by atoms with Crippen LogP contribution in [0.1, 0.15) is 26.7 Å². The first kappa shape index (κ1) is 22.3. The third-order valence-corrected chi connectivity index (χ3v) is 4.70. The van der Waals surface area contributed by atoms with Crippen LogP contribution in [0.15, 0.2) is 24.3 Å². The monoisotopic (exact) mass is 426 g/mol. The fraction of sp³-hybridized carbons (Fsp3) is 0.474. The molecule has 0 spiro atoms. The summed E-state index contributed by atoms with van der Waals surface area (Å²) in [6, 6.07) is 7.74. The van der Waals surface area contributed by atoms with Gasteiger partial charge >= 0.3 is 0 Å². The molecule has 0 radical (unpaired) electrons. The van der Waals surface area contributed by atoms with Crippen molar-refractivity contribution in [1.82, 2.24) is 9.97 Å². The SMILES string of the molecule is C.Clc1ccc2c(n1)NCCCN2.OCCC[C@H]1CNc2ccc(Cl)nc2N1. The lowest BCUT2D eigenvalue weighted by Gasteiger charge is -2.27. The number of pyridine rings is 2. The summed E-state index contributed by atoms with van der Waals surface area (Å²) in [5.74, 6) is 1.66. The molecule has 0 aliphatic carbocycles. The fourth-order valence-corrected chi connectivity index (χ4v) is 3.20. The molecule has 4 heterocycles. The van der Waals surface area contributed by atoms with E-state index < -0.39 is 0 Å². The van der Waals surface area contributed by atoms with Crippen molar-refractivity contribution in [1.29, 1.82) is 0 Å². The molecule has 2 aromatic rings. The van der Waals surface area contributed by atoms with Crippen LogP contribution in [0.5, 0.6) is 0 Å². The number of aromatic nitrogens is 2. The number of anilines is 4. The molecule has 2 aliphatic rings. The lowest BCUT2D eigenvalue weighted by Crippen LogP contribution is -2.33. The molecular formula is C19H28Cl2N6O. The molecule has 28 heavy (non-hydrogen) atoms. The highest BCUT2D eigenvalue weighted by Gasteiger charge is 2.17. The van der Waals surface area contributed by atoms with Crippen LogP contribution < -0.4 is 21.3 Å². The molecule has 0 aromatic carbocycles. The van der Waals surface area contributed by atoms with Crippen LogP contribution in [0, 0.1) is 0 Å². The molecule has 0 amide bonds. The van der Waals surface area contributed by atoms with Crippen LogP contribution in [0.4, 0.5) is 23.0 Å². The molecule has 2 aromatic heterocycles. The first-order valence-electron chi connectivity index (χ1n) is 9.08. The molecule has 0 bridgehead atoms. The predicted molar refractivity (Wildman–Crippen MR) is 119 cm³/mol. The zero-order chi connectivity index (χ0) is 19.1. The second kappa shape index (κ2) is 11.1.